The van der Waals surface area contributed by atoms with E-state index in [-0.39, 0.29) is 11.6 Å². The van der Waals surface area contributed by atoms with Crippen molar-refractivity contribution in [3.63, 3.8) is 0 Å². The lowest BCUT2D eigenvalue weighted by atomic mass is 10.2. The predicted molar refractivity (Wildman–Crippen MR) is 53.6 cm³/mol. The maximum atomic E-state index is 13.3. The molecule has 0 saturated carbocycles. The van der Waals surface area contributed by atoms with Crippen LogP contribution in [0.1, 0.15) is 12.5 Å². The van der Waals surface area contributed by atoms with E-state index >= 15 is 0 Å². The Kier molecular flexibility index (Phi) is 3.98. The Balaban J connectivity index is 2.83. The molecule has 0 heterocycles. The lowest BCUT2D eigenvalue weighted by Gasteiger charge is -2.04. The van der Waals surface area contributed by atoms with E-state index in [9.17, 15) is 4.39 Å². The molecule has 0 spiro atoms. The van der Waals surface area contributed by atoms with Crippen LogP contribution in [-0.2, 0) is 4.74 Å². The van der Waals surface area contributed by atoms with Gasteiger partial charge in [-0.3, -0.25) is 0 Å². The van der Waals surface area contributed by atoms with Gasteiger partial charge in [-0.15, -0.1) is 0 Å². The van der Waals surface area contributed by atoms with E-state index in [4.69, 9.17) is 9.47 Å². The molecule has 0 saturated heterocycles. The summed E-state index contributed by atoms with van der Waals surface area (Å²) in [5.74, 6) is -0.0767. The normalized spacial score (nSPS) is 10.5. The minimum Gasteiger partial charge on any atom is -0.504 e. The van der Waals surface area contributed by atoms with Crippen LogP contribution in [0.3, 0.4) is 0 Å². The molecule has 0 unspecified atom stereocenters. The van der Waals surface area contributed by atoms with Gasteiger partial charge in [-0.25, -0.2) is 4.39 Å². The highest BCUT2D eigenvalue weighted by molar-refractivity contribution is 5.50. The number of hydrogen-bond donors (Lipinski definition) is 0. The van der Waals surface area contributed by atoms with E-state index in [0.717, 1.165) is 5.56 Å². The van der Waals surface area contributed by atoms with E-state index in [1.165, 1.54) is 12.3 Å². The molecule has 0 bridgehead atoms. The van der Waals surface area contributed by atoms with Gasteiger partial charge in [0, 0.05) is 0 Å². The first-order chi connectivity index (χ1) is 6.77. The van der Waals surface area contributed by atoms with Crippen LogP contribution in [0.2, 0.25) is 0 Å². The van der Waals surface area contributed by atoms with Gasteiger partial charge in [0.15, 0.2) is 11.6 Å². The molecule has 1 aromatic rings. The summed E-state index contributed by atoms with van der Waals surface area (Å²) >= 11 is 0. The Bertz CT molecular complexity index is 321. The van der Waals surface area contributed by atoms with E-state index in [2.05, 4.69) is 0 Å². The van der Waals surface area contributed by atoms with Crippen LogP contribution in [0.4, 0.5) is 4.39 Å². The molecule has 0 fully saturated rings. The van der Waals surface area contributed by atoms with Crippen LogP contribution in [0.5, 0.6) is 5.75 Å². The first-order valence-electron chi connectivity index (χ1n) is 4.39. The molecule has 0 radical (unpaired) electrons. The average Bonchev–Trinajstić information content (AvgIpc) is 2.19. The van der Waals surface area contributed by atoms with Crippen molar-refractivity contribution < 1.29 is 13.9 Å². The lowest BCUT2D eigenvalue weighted by Crippen LogP contribution is -1.94. The van der Waals surface area contributed by atoms with Crippen LogP contribution < -0.4 is 4.74 Å². The minimum absolute atomic E-state index is 0.280. The standard InChI is InChI=1S/C11H13FO2/c1-3-14-11-5-4-9(6-7-13-2)8-10(11)12/h4-8H,3H2,1-2H3/b7-6+. The molecule has 1 rings (SSSR count). The summed E-state index contributed by atoms with van der Waals surface area (Å²) in [6, 6.07) is 4.78. The Morgan fingerprint density at radius 1 is 1.43 bits per heavy atom. The van der Waals surface area contributed by atoms with E-state index in [0.29, 0.717) is 6.61 Å². The van der Waals surface area contributed by atoms with Gasteiger partial charge in [0.25, 0.3) is 0 Å². The molecule has 2 nitrogen and oxygen atoms in total. The highest BCUT2D eigenvalue weighted by Crippen LogP contribution is 2.18. The fourth-order valence-electron chi connectivity index (χ4n) is 1.04. The van der Waals surface area contributed by atoms with Crippen molar-refractivity contribution in [2.45, 2.75) is 6.92 Å². The second kappa shape index (κ2) is 5.27. The molecule has 1 aromatic carbocycles. The molecule has 0 aliphatic carbocycles. The SMILES string of the molecule is CCOc1ccc(/C=C/OC)cc1F. The molecule has 0 atom stereocenters. The third-order valence-corrected chi connectivity index (χ3v) is 1.65. The summed E-state index contributed by atoms with van der Waals surface area (Å²) in [4.78, 5) is 0. The van der Waals surface area contributed by atoms with Gasteiger partial charge in [0.1, 0.15) is 0 Å². The van der Waals surface area contributed by atoms with Crippen LogP contribution in [0.25, 0.3) is 6.08 Å². The summed E-state index contributed by atoms with van der Waals surface area (Å²) in [5, 5.41) is 0. The van der Waals surface area contributed by atoms with E-state index in [1.54, 1.807) is 25.3 Å². The molecule has 14 heavy (non-hydrogen) atoms. The molecule has 0 aromatic heterocycles. The first kappa shape index (κ1) is 10.6. The van der Waals surface area contributed by atoms with Crippen molar-refractivity contribution >= 4 is 6.08 Å². The molecule has 3 heteroatoms. The molecule has 0 aliphatic heterocycles. The van der Waals surface area contributed by atoms with Gasteiger partial charge >= 0.3 is 0 Å². The van der Waals surface area contributed by atoms with Crippen LogP contribution >= 0.6 is 0 Å². The number of ether oxygens (including phenoxy) is 2. The van der Waals surface area contributed by atoms with Crippen LogP contribution in [-0.4, -0.2) is 13.7 Å². The maximum Gasteiger partial charge on any atom is 0.165 e. The number of methoxy groups -OCH3 is 1. The second-order valence-electron chi connectivity index (χ2n) is 2.66. The highest BCUT2D eigenvalue weighted by atomic mass is 19.1. The Labute approximate surface area is 83.0 Å². The van der Waals surface area contributed by atoms with Gasteiger partial charge in [-0.2, -0.15) is 0 Å². The fraction of sp³-hybridized carbons (Fsp3) is 0.273. The van der Waals surface area contributed by atoms with Crippen molar-refractivity contribution in [3.05, 3.63) is 35.8 Å². The average molecular weight is 196 g/mol. The zero-order valence-electron chi connectivity index (χ0n) is 8.29. The number of rotatable bonds is 4. The van der Waals surface area contributed by atoms with Gasteiger partial charge < -0.3 is 9.47 Å². The van der Waals surface area contributed by atoms with Gasteiger partial charge in [0.2, 0.25) is 0 Å². The first-order valence-corrected chi connectivity index (χ1v) is 4.39. The molecular formula is C11H13FO2. The zero-order valence-corrected chi connectivity index (χ0v) is 8.29. The third-order valence-electron chi connectivity index (χ3n) is 1.65. The smallest absolute Gasteiger partial charge is 0.165 e. The third kappa shape index (κ3) is 2.76. The fourth-order valence-corrected chi connectivity index (χ4v) is 1.04. The van der Waals surface area contributed by atoms with Crippen molar-refractivity contribution in [3.8, 4) is 5.75 Å². The van der Waals surface area contributed by atoms with Gasteiger partial charge in [-0.1, -0.05) is 6.07 Å². The van der Waals surface area contributed by atoms with Gasteiger partial charge in [0.05, 0.1) is 20.0 Å². The number of halogens is 1. The monoisotopic (exact) mass is 196 g/mol. The number of hydrogen-bond acceptors (Lipinski definition) is 2. The van der Waals surface area contributed by atoms with Crippen LogP contribution in [0.15, 0.2) is 24.5 Å². The summed E-state index contributed by atoms with van der Waals surface area (Å²) < 4.78 is 23.1. The second-order valence-corrected chi connectivity index (χ2v) is 2.66. The topological polar surface area (TPSA) is 18.5 Å². The quantitative estimate of drug-likeness (QED) is 0.689. The van der Waals surface area contributed by atoms with Gasteiger partial charge in [-0.05, 0) is 30.7 Å². The maximum absolute atomic E-state index is 13.3. The zero-order chi connectivity index (χ0) is 10.4. The molecule has 0 N–H and O–H groups in total. The number of benzene rings is 1. The van der Waals surface area contributed by atoms with E-state index < -0.39 is 0 Å². The summed E-state index contributed by atoms with van der Waals surface area (Å²) in [5.41, 5.74) is 0.743. The Morgan fingerprint density at radius 2 is 2.21 bits per heavy atom. The van der Waals surface area contributed by atoms with E-state index in [1.807, 2.05) is 6.92 Å². The summed E-state index contributed by atoms with van der Waals surface area (Å²) in [7, 11) is 1.54. The van der Waals surface area contributed by atoms with Crippen LogP contribution in [0, 0.1) is 5.82 Å². The van der Waals surface area contributed by atoms with Crippen molar-refractivity contribution in [2.75, 3.05) is 13.7 Å². The lowest BCUT2D eigenvalue weighted by molar-refractivity contribution is 0.321. The molecular weight excluding hydrogens is 183 g/mol. The predicted octanol–water partition coefficient (Wildman–Crippen LogP) is 2.84. The summed E-state index contributed by atoms with van der Waals surface area (Å²) in [6.07, 6.45) is 3.17. The molecule has 76 valence electrons. The van der Waals surface area contributed by atoms with Crippen molar-refractivity contribution in [1.29, 1.82) is 0 Å². The Morgan fingerprint density at radius 3 is 2.79 bits per heavy atom. The molecule has 0 aliphatic rings. The van der Waals surface area contributed by atoms with Crippen molar-refractivity contribution in [1.82, 2.24) is 0 Å². The largest absolute Gasteiger partial charge is 0.504 e. The summed E-state index contributed by atoms with van der Waals surface area (Å²) in [6.45, 7) is 2.28. The minimum atomic E-state index is -0.356. The molecule has 0 amide bonds. The Hall–Kier alpha value is -1.51. The highest BCUT2D eigenvalue weighted by Gasteiger charge is 2.01. The van der Waals surface area contributed by atoms with Crippen molar-refractivity contribution in [2.24, 2.45) is 0 Å².